The van der Waals surface area contributed by atoms with E-state index in [4.69, 9.17) is 9.47 Å². The highest BCUT2D eigenvalue weighted by Gasteiger charge is 2.15. The second kappa shape index (κ2) is 9.39. The van der Waals surface area contributed by atoms with Gasteiger partial charge in [0.05, 0.1) is 37.2 Å². The van der Waals surface area contributed by atoms with E-state index in [9.17, 15) is 4.39 Å². The molecule has 0 fully saturated rings. The molecule has 0 aliphatic heterocycles. The van der Waals surface area contributed by atoms with Gasteiger partial charge in [-0.15, -0.1) is 0 Å². The molecule has 0 unspecified atom stereocenters. The van der Waals surface area contributed by atoms with Crippen LogP contribution in [-0.2, 0) is 0 Å². The van der Waals surface area contributed by atoms with Crippen molar-refractivity contribution in [2.75, 3.05) is 14.2 Å². The molecule has 2 N–H and O–H groups in total. The maximum atomic E-state index is 14.2. The van der Waals surface area contributed by atoms with Gasteiger partial charge in [0.25, 0.3) is 0 Å². The molecule has 0 saturated carbocycles. The average Bonchev–Trinajstić information content (AvgIpc) is 3.51. The third kappa shape index (κ3) is 4.27. The van der Waals surface area contributed by atoms with Gasteiger partial charge in [0.1, 0.15) is 23.0 Å². The Morgan fingerprint density at radius 1 is 0.919 bits per heavy atom. The summed E-state index contributed by atoms with van der Waals surface area (Å²) in [5.41, 5.74) is 6.11. The molecule has 37 heavy (non-hydrogen) atoms. The van der Waals surface area contributed by atoms with E-state index in [0.717, 1.165) is 57.0 Å². The van der Waals surface area contributed by atoms with Crippen molar-refractivity contribution in [2.24, 2.45) is 0 Å². The first-order valence-electron chi connectivity index (χ1n) is 11.9. The molecule has 1 aromatic carbocycles. The van der Waals surface area contributed by atoms with E-state index in [1.807, 2.05) is 30.5 Å². The number of aromatic nitrogens is 5. The van der Waals surface area contributed by atoms with Crippen LogP contribution in [0.1, 0.15) is 18.4 Å². The number of pyridine rings is 2. The van der Waals surface area contributed by atoms with Gasteiger partial charge < -0.3 is 14.5 Å². The lowest BCUT2D eigenvalue weighted by molar-refractivity contribution is 0.411. The smallest absolute Gasteiger partial charge is 0.137 e. The number of rotatable bonds is 5. The van der Waals surface area contributed by atoms with Crippen molar-refractivity contribution in [1.29, 1.82) is 0 Å². The van der Waals surface area contributed by atoms with Crippen molar-refractivity contribution >= 4 is 28.6 Å². The molecule has 7 nitrogen and oxygen atoms in total. The van der Waals surface area contributed by atoms with E-state index in [0.29, 0.717) is 17.0 Å². The summed E-state index contributed by atoms with van der Waals surface area (Å²) in [6.07, 6.45) is 13.3. The summed E-state index contributed by atoms with van der Waals surface area (Å²) in [7, 11) is 3.16. The minimum Gasteiger partial charge on any atom is -0.497 e. The van der Waals surface area contributed by atoms with Crippen LogP contribution in [0.4, 0.5) is 4.39 Å². The topological polar surface area (TPSA) is 88.7 Å². The van der Waals surface area contributed by atoms with Crippen LogP contribution in [0.15, 0.2) is 61.1 Å². The molecule has 6 rings (SSSR count). The fraction of sp³-hybridized carbons (Fsp3) is 0.138. The maximum absolute atomic E-state index is 14.2. The predicted octanol–water partition coefficient (Wildman–Crippen LogP) is 4.61. The largest absolute Gasteiger partial charge is 0.497 e. The number of H-pyrrole nitrogens is 2. The van der Waals surface area contributed by atoms with Crippen LogP contribution in [0.3, 0.4) is 0 Å². The minimum atomic E-state index is -0.375. The first-order chi connectivity index (χ1) is 18.1. The summed E-state index contributed by atoms with van der Waals surface area (Å²) >= 11 is 0. The van der Waals surface area contributed by atoms with Crippen molar-refractivity contribution in [1.82, 2.24) is 25.1 Å². The van der Waals surface area contributed by atoms with Crippen molar-refractivity contribution < 1.29 is 13.9 Å². The summed E-state index contributed by atoms with van der Waals surface area (Å²) in [6, 6.07) is 10.5. The number of allylic oxidation sites excluding steroid dienone is 2. The van der Waals surface area contributed by atoms with Crippen molar-refractivity contribution in [2.45, 2.75) is 12.8 Å². The Morgan fingerprint density at radius 3 is 2.65 bits per heavy atom. The highest BCUT2D eigenvalue weighted by atomic mass is 19.1. The van der Waals surface area contributed by atoms with Gasteiger partial charge in [-0.25, -0.2) is 4.39 Å². The summed E-state index contributed by atoms with van der Waals surface area (Å²) < 4.78 is 24.8. The zero-order valence-electron chi connectivity index (χ0n) is 20.4. The van der Waals surface area contributed by atoms with Crippen LogP contribution in [-0.4, -0.2) is 39.4 Å². The molecule has 0 spiro atoms. The molecule has 0 saturated heterocycles. The van der Waals surface area contributed by atoms with Crippen molar-refractivity contribution in [3.63, 3.8) is 0 Å². The fourth-order valence-electron chi connectivity index (χ4n) is 4.72. The lowest BCUT2D eigenvalue weighted by atomic mass is 10.00. The molecule has 5 aromatic rings. The zero-order chi connectivity index (χ0) is 25.4. The third-order valence-electron chi connectivity index (χ3n) is 6.55. The molecule has 4 aromatic heterocycles. The summed E-state index contributed by atoms with van der Waals surface area (Å²) in [5.74, 6) is 0.804. The summed E-state index contributed by atoms with van der Waals surface area (Å²) in [5, 5.41) is 10.7. The Kier molecular flexibility index (Phi) is 5.76. The Bertz CT molecular complexity index is 1780. The van der Waals surface area contributed by atoms with Crippen LogP contribution in [0.25, 0.3) is 51.3 Å². The number of hydrogen-bond acceptors (Lipinski definition) is 5. The molecule has 0 atom stereocenters. The Labute approximate surface area is 212 Å². The SMILES string of the molecule is COc1cncc(/C2=C/C=c3/[nH]nc(-c4cc5c(-c6cc(F)cc(OC)c6)nccc5[nH]4)/c3=C\CC2)c1. The number of fused-ring (bicyclic) bond motifs is 2. The molecule has 0 radical (unpaired) electrons. The number of nitrogens with zero attached hydrogens (tertiary/aromatic N) is 3. The van der Waals surface area contributed by atoms with Gasteiger partial charge in [0.2, 0.25) is 0 Å². The lowest BCUT2D eigenvalue weighted by Gasteiger charge is -2.08. The van der Waals surface area contributed by atoms with Gasteiger partial charge >= 0.3 is 0 Å². The highest BCUT2D eigenvalue weighted by Crippen LogP contribution is 2.32. The quantitative estimate of drug-likeness (QED) is 0.373. The van der Waals surface area contributed by atoms with E-state index in [-0.39, 0.29) is 5.82 Å². The van der Waals surface area contributed by atoms with E-state index in [1.165, 1.54) is 24.8 Å². The number of halogens is 1. The molecule has 184 valence electrons. The predicted molar refractivity (Wildman–Crippen MR) is 142 cm³/mol. The van der Waals surface area contributed by atoms with E-state index < -0.39 is 0 Å². The molecule has 0 bridgehead atoms. The van der Waals surface area contributed by atoms with Gasteiger partial charge in [0, 0.05) is 40.1 Å². The van der Waals surface area contributed by atoms with E-state index in [1.54, 1.807) is 25.6 Å². The standard InChI is InChI=1S/C29H24FN5O2/c1-36-21-11-18(10-20(30)13-21)28-24-14-27(33-25(24)8-9-32-28)29-23-5-3-4-17(6-7-26(23)34-35-29)19-12-22(37-2)16-31-15-19/h5-16,33-34H,3-4H2,1-2H3/b17-6+,23-5-,26-7+. The first kappa shape index (κ1) is 22.7. The highest BCUT2D eigenvalue weighted by molar-refractivity contribution is 5.96. The first-order valence-corrected chi connectivity index (χ1v) is 11.9. The molecule has 0 amide bonds. The van der Waals surface area contributed by atoms with Crippen molar-refractivity contribution in [3.8, 4) is 34.1 Å². The zero-order valence-corrected chi connectivity index (χ0v) is 20.4. The number of hydrogen-bond donors (Lipinski definition) is 2. The van der Waals surface area contributed by atoms with Crippen LogP contribution in [0, 0.1) is 5.82 Å². The molecule has 4 heterocycles. The van der Waals surface area contributed by atoms with Gasteiger partial charge in [-0.2, -0.15) is 5.10 Å². The normalized spacial score (nSPS) is 16.4. The van der Waals surface area contributed by atoms with E-state index >= 15 is 0 Å². The number of nitrogens with one attached hydrogen (secondary N) is 2. The maximum Gasteiger partial charge on any atom is 0.137 e. The Balaban J connectivity index is 1.43. The molecular weight excluding hydrogens is 469 g/mol. The molecule has 8 heteroatoms. The summed E-state index contributed by atoms with van der Waals surface area (Å²) in [6.45, 7) is 0. The number of methoxy groups -OCH3 is 2. The lowest BCUT2D eigenvalue weighted by Crippen LogP contribution is -2.24. The Hall–Kier alpha value is -4.72. The third-order valence-corrected chi connectivity index (χ3v) is 6.55. The van der Waals surface area contributed by atoms with Gasteiger partial charge in [-0.05, 0) is 60.4 Å². The van der Waals surface area contributed by atoms with Gasteiger partial charge in [-0.1, -0.05) is 12.2 Å². The second-order valence-electron chi connectivity index (χ2n) is 8.80. The molecule has 1 aliphatic rings. The number of ether oxygens (including phenoxy) is 2. The fourth-order valence-corrected chi connectivity index (χ4v) is 4.72. The van der Waals surface area contributed by atoms with Crippen LogP contribution >= 0.6 is 0 Å². The number of aromatic amines is 2. The molecule has 1 aliphatic carbocycles. The van der Waals surface area contributed by atoms with Crippen LogP contribution < -0.4 is 20.0 Å². The van der Waals surface area contributed by atoms with Crippen LogP contribution in [0.5, 0.6) is 11.5 Å². The van der Waals surface area contributed by atoms with Gasteiger partial charge in [-0.3, -0.25) is 15.1 Å². The molecular formula is C29H24FN5O2. The monoisotopic (exact) mass is 493 g/mol. The second-order valence-corrected chi connectivity index (χ2v) is 8.80. The van der Waals surface area contributed by atoms with E-state index in [2.05, 4.69) is 37.3 Å². The minimum absolute atomic E-state index is 0.375. The number of benzene rings is 1. The Morgan fingerprint density at radius 2 is 1.78 bits per heavy atom. The van der Waals surface area contributed by atoms with Crippen LogP contribution in [0.2, 0.25) is 0 Å². The average molecular weight is 494 g/mol. The van der Waals surface area contributed by atoms with Gasteiger partial charge in [0.15, 0.2) is 0 Å². The summed E-state index contributed by atoms with van der Waals surface area (Å²) in [4.78, 5) is 12.3. The van der Waals surface area contributed by atoms with Crippen molar-refractivity contribution in [3.05, 3.63) is 83.0 Å².